The van der Waals surface area contributed by atoms with E-state index >= 15 is 0 Å². The van der Waals surface area contributed by atoms with Gasteiger partial charge in [-0.1, -0.05) is 6.92 Å². The fraction of sp³-hybridized carbons (Fsp3) is 0.846. The van der Waals surface area contributed by atoms with Gasteiger partial charge < -0.3 is 4.90 Å². The Labute approximate surface area is 97.4 Å². The number of nitriles is 1. The molecule has 3 heteroatoms. The molecule has 0 aliphatic heterocycles. The quantitative estimate of drug-likeness (QED) is 0.713. The van der Waals surface area contributed by atoms with E-state index in [0.717, 1.165) is 19.4 Å². The lowest BCUT2D eigenvalue weighted by molar-refractivity contribution is -0.139. The molecule has 0 spiro atoms. The average Bonchev–Trinajstić information content (AvgIpc) is 3.16. The third-order valence-electron chi connectivity index (χ3n) is 3.83. The van der Waals surface area contributed by atoms with Gasteiger partial charge in [-0.05, 0) is 44.9 Å². The molecular weight excluding hydrogens is 200 g/mol. The molecule has 2 rings (SSSR count). The Morgan fingerprint density at radius 1 is 1.44 bits per heavy atom. The van der Waals surface area contributed by atoms with E-state index in [1.54, 1.807) is 6.92 Å². The molecule has 0 N–H and O–H groups in total. The van der Waals surface area contributed by atoms with Gasteiger partial charge in [-0.25, -0.2) is 0 Å². The van der Waals surface area contributed by atoms with Crippen molar-refractivity contribution in [2.45, 2.75) is 52.0 Å². The predicted molar refractivity (Wildman–Crippen MR) is 61.5 cm³/mol. The van der Waals surface area contributed by atoms with Gasteiger partial charge in [0, 0.05) is 12.6 Å². The fourth-order valence-corrected chi connectivity index (χ4v) is 1.96. The van der Waals surface area contributed by atoms with Crippen LogP contribution in [0.15, 0.2) is 0 Å². The van der Waals surface area contributed by atoms with Crippen LogP contribution >= 0.6 is 0 Å². The minimum atomic E-state index is -0.808. The van der Waals surface area contributed by atoms with E-state index in [2.05, 4.69) is 6.07 Å². The first-order valence-electron chi connectivity index (χ1n) is 6.33. The van der Waals surface area contributed by atoms with Crippen molar-refractivity contribution in [1.29, 1.82) is 5.26 Å². The second kappa shape index (κ2) is 4.08. The molecule has 0 aromatic carbocycles. The number of rotatable bonds is 5. The van der Waals surface area contributed by atoms with E-state index in [-0.39, 0.29) is 5.91 Å². The highest BCUT2D eigenvalue weighted by Gasteiger charge is 2.43. The summed E-state index contributed by atoms with van der Waals surface area (Å²) in [5.74, 6) is 0.774. The molecule has 0 heterocycles. The first kappa shape index (κ1) is 11.4. The van der Waals surface area contributed by atoms with Gasteiger partial charge in [-0.2, -0.15) is 5.26 Å². The SMILES string of the molecule is CCC(C)(C#N)C(=O)N(CC1CC1)C1CC1. The van der Waals surface area contributed by atoms with E-state index in [9.17, 15) is 4.79 Å². The molecule has 0 saturated heterocycles. The monoisotopic (exact) mass is 220 g/mol. The summed E-state index contributed by atoms with van der Waals surface area (Å²) in [7, 11) is 0. The van der Waals surface area contributed by atoms with Crippen LogP contribution in [0.4, 0.5) is 0 Å². The molecule has 0 aromatic rings. The van der Waals surface area contributed by atoms with Crippen molar-refractivity contribution in [2.75, 3.05) is 6.54 Å². The van der Waals surface area contributed by atoms with Crippen LogP contribution in [0.25, 0.3) is 0 Å². The molecule has 88 valence electrons. The summed E-state index contributed by atoms with van der Waals surface area (Å²) >= 11 is 0. The molecule has 3 nitrogen and oxygen atoms in total. The third-order valence-corrected chi connectivity index (χ3v) is 3.83. The average molecular weight is 220 g/mol. The van der Waals surface area contributed by atoms with Crippen molar-refractivity contribution in [3.05, 3.63) is 0 Å². The van der Waals surface area contributed by atoms with E-state index in [0.29, 0.717) is 18.4 Å². The molecule has 2 aliphatic rings. The Morgan fingerprint density at radius 2 is 2.06 bits per heavy atom. The van der Waals surface area contributed by atoms with E-state index in [1.807, 2.05) is 11.8 Å². The van der Waals surface area contributed by atoms with Crippen molar-refractivity contribution in [2.24, 2.45) is 11.3 Å². The van der Waals surface area contributed by atoms with Gasteiger partial charge in [0.15, 0.2) is 0 Å². The van der Waals surface area contributed by atoms with E-state index in [1.165, 1.54) is 12.8 Å². The zero-order chi connectivity index (χ0) is 11.8. The fourth-order valence-electron chi connectivity index (χ4n) is 1.96. The van der Waals surface area contributed by atoms with Gasteiger partial charge in [0.1, 0.15) is 5.41 Å². The summed E-state index contributed by atoms with van der Waals surface area (Å²) < 4.78 is 0. The van der Waals surface area contributed by atoms with Gasteiger partial charge in [0.2, 0.25) is 5.91 Å². The maximum atomic E-state index is 12.4. The van der Waals surface area contributed by atoms with Crippen LogP contribution in [0.3, 0.4) is 0 Å². The van der Waals surface area contributed by atoms with E-state index < -0.39 is 5.41 Å². The molecule has 2 aliphatic carbocycles. The second-order valence-electron chi connectivity index (χ2n) is 5.43. The highest BCUT2D eigenvalue weighted by Crippen LogP contribution is 2.37. The van der Waals surface area contributed by atoms with Crippen LogP contribution in [0, 0.1) is 22.7 Å². The van der Waals surface area contributed by atoms with E-state index in [4.69, 9.17) is 5.26 Å². The van der Waals surface area contributed by atoms with Gasteiger partial charge in [0.05, 0.1) is 6.07 Å². The Hall–Kier alpha value is -1.04. The van der Waals surface area contributed by atoms with Gasteiger partial charge in [0.25, 0.3) is 0 Å². The van der Waals surface area contributed by atoms with Crippen molar-refractivity contribution < 1.29 is 4.79 Å². The normalized spacial score (nSPS) is 23.3. The predicted octanol–water partition coefficient (Wildman–Crippen LogP) is 2.33. The van der Waals surface area contributed by atoms with Gasteiger partial charge >= 0.3 is 0 Å². The minimum absolute atomic E-state index is 0.0619. The Bertz CT molecular complexity index is 325. The first-order chi connectivity index (χ1) is 7.60. The lowest BCUT2D eigenvalue weighted by atomic mass is 9.87. The number of carbonyl (C=O) groups is 1. The second-order valence-corrected chi connectivity index (χ2v) is 5.43. The Balaban J connectivity index is 2.06. The molecule has 1 amide bonds. The van der Waals surface area contributed by atoms with Crippen molar-refractivity contribution in [3.63, 3.8) is 0 Å². The Kier molecular flexibility index (Phi) is 2.92. The number of nitrogens with zero attached hydrogens (tertiary/aromatic N) is 2. The summed E-state index contributed by atoms with van der Waals surface area (Å²) in [6.45, 7) is 4.59. The minimum Gasteiger partial charge on any atom is -0.338 e. The van der Waals surface area contributed by atoms with Crippen molar-refractivity contribution >= 4 is 5.91 Å². The number of amides is 1. The van der Waals surface area contributed by atoms with Gasteiger partial charge in [-0.3, -0.25) is 4.79 Å². The summed E-state index contributed by atoms with van der Waals surface area (Å²) in [6.07, 6.45) is 5.38. The molecule has 2 saturated carbocycles. The number of hydrogen-bond acceptors (Lipinski definition) is 2. The standard InChI is InChI=1S/C13H20N2O/c1-3-13(2,9-14)12(16)15(11-6-7-11)8-10-4-5-10/h10-11H,3-8H2,1-2H3. The van der Waals surface area contributed by atoms with Crippen LogP contribution in [-0.2, 0) is 4.79 Å². The third kappa shape index (κ3) is 2.21. The van der Waals surface area contributed by atoms with Crippen LogP contribution in [0.5, 0.6) is 0 Å². The smallest absolute Gasteiger partial charge is 0.243 e. The highest BCUT2D eigenvalue weighted by molar-refractivity contribution is 5.85. The topological polar surface area (TPSA) is 44.1 Å². The molecule has 1 atom stereocenters. The summed E-state index contributed by atoms with van der Waals surface area (Å²) in [6, 6.07) is 2.63. The van der Waals surface area contributed by atoms with Crippen LogP contribution in [0.2, 0.25) is 0 Å². The summed E-state index contributed by atoms with van der Waals surface area (Å²) in [5, 5.41) is 9.16. The molecular formula is C13H20N2O. The number of hydrogen-bond donors (Lipinski definition) is 0. The summed E-state index contributed by atoms with van der Waals surface area (Å²) in [4.78, 5) is 14.4. The highest BCUT2D eigenvalue weighted by atomic mass is 16.2. The molecule has 2 fully saturated rings. The molecule has 0 bridgehead atoms. The molecule has 0 aromatic heterocycles. The lowest BCUT2D eigenvalue weighted by Gasteiger charge is -2.29. The van der Waals surface area contributed by atoms with Crippen molar-refractivity contribution in [3.8, 4) is 6.07 Å². The maximum Gasteiger partial charge on any atom is 0.243 e. The molecule has 16 heavy (non-hydrogen) atoms. The van der Waals surface area contributed by atoms with Crippen LogP contribution < -0.4 is 0 Å². The lowest BCUT2D eigenvalue weighted by Crippen LogP contribution is -2.43. The maximum absolute atomic E-state index is 12.4. The molecule has 1 unspecified atom stereocenters. The Morgan fingerprint density at radius 3 is 2.44 bits per heavy atom. The molecule has 0 radical (unpaired) electrons. The summed E-state index contributed by atoms with van der Waals surface area (Å²) in [5.41, 5.74) is -0.808. The van der Waals surface area contributed by atoms with Crippen LogP contribution in [-0.4, -0.2) is 23.4 Å². The number of carbonyl (C=O) groups excluding carboxylic acids is 1. The van der Waals surface area contributed by atoms with Crippen molar-refractivity contribution in [1.82, 2.24) is 4.90 Å². The largest absolute Gasteiger partial charge is 0.338 e. The zero-order valence-corrected chi connectivity index (χ0v) is 10.2. The van der Waals surface area contributed by atoms with Gasteiger partial charge in [-0.15, -0.1) is 0 Å². The zero-order valence-electron chi connectivity index (χ0n) is 10.2. The first-order valence-corrected chi connectivity index (χ1v) is 6.33. The van der Waals surface area contributed by atoms with Crippen LogP contribution in [0.1, 0.15) is 46.0 Å².